The molecule has 4 nitrogen and oxygen atoms in total. The Balaban J connectivity index is 2.57. The van der Waals surface area contributed by atoms with E-state index in [4.69, 9.17) is 9.47 Å². The number of benzene rings is 2. The summed E-state index contributed by atoms with van der Waals surface area (Å²) in [5, 5.41) is 9.17. The molecule has 0 aromatic heterocycles. The summed E-state index contributed by atoms with van der Waals surface area (Å²) in [4.78, 5) is 11.3. The highest BCUT2D eigenvalue weighted by atomic mass is 19.2. The molecule has 7 heteroatoms. The zero-order valence-corrected chi connectivity index (χ0v) is 11.6. The molecule has 0 aliphatic rings. The normalized spacial score (nSPS) is 10.4. The van der Waals surface area contributed by atoms with Crippen LogP contribution in [0.3, 0.4) is 0 Å². The van der Waals surface area contributed by atoms with Crippen LogP contribution in [0.1, 0.15) is 15.9 Å². The summed E-state index contributed by atoms with van der Waals surface area (Å²) in [7, 11) is 1.10. The molecule has 0 radical (unpaired) electrons. The molecule has 0 spiro atoms. The van der Waals surface area contributed by atoms with Crippen molar-refractivity contribution in [3.8, 4) is 17.2 Å². The van der Waals surface area contributed by atoms with Crippen LogP contribution in [0.25, 0.3) is 0 Å². The van der Waals surface area contributed by atoms with E-state index in [2.05, 4.69) is 0 Å². The smallest absolute Gasteiger partial charge is 0.339 e. The Labute approximate surface area is 123 Å². The van der Waals surface area contributed by atoms with Gasteiger partial charge in [0.25, 0.3) is 0 Å². The van der Waals surface area contributed by atoms with E-state index in [1.807, 2.05) is 0 Å². The molecule has 0 aliphatic carbocycles. The molecular formula is C15H11F3O4. The van der Waals surface area contributed by atoms with E-state index in [0.29, 0.717) is 0 Å². The lowest BCUT2D eigenvalue weighted by Gasteiger charge is -2.14. The maximum Gasteiger partial charge on any atom is 0.339 e. The van der Waals surface area contributed by atoms with Crippen molar-refractivity contribution in [1.29, 1.82) is 0 Å². The largest absolute Gasteiger partial charge is 0.490 e. The van der Waals surface area contributed by atoms with Gasteiger partial charge in [-0.05, 0) is 30.7 Å². The van der Waals surface area contributed by atoms with Crippen molar-refractivity contribution in [1.82, 2.24) is 0 Å². The van der Waals surface area contributed by atoms with E-state index in [9.17, 15) is 23.1 Å². The van der Waals surface area contributed by atoms with E-state index in [-0.39, 0.29) is 22.6 Å². The summed E-state index contributed by atoms with van der Waals surface area (Å²) >= 11 is 0. The van der Waals surface area contributed by atoms with Crippen LogP contribution in [0.5, 0.6) is 17.2 Å². The monoisotopic (exact) mass is 312 g/mol. The summed E-state index contributed by atoms with van der Waals surface area (Å²) in [5.74, 6) is -5.65. The predicted molar refractivity (Wildman–Crippen MR) is 71.1 cm³/mol. The van der Waals surface area contributed by atoms with Gasteiger partial charge >= 0.3 is 5.97 Å². The number of hydrogen-bond donors (Lipinski definition) is 1. The molecule has 0 unspecified atom stereocenters. The fraction of sp³-hybridized carbons (Fsp3) is 0.133. The first kappa shape index (κ1) is 15.7. The van der Waals surface area contributed by atoms with Crippen molar-refractivity contribution in [3.05, 3.63) is 52.8 Å². The number of methoxy groups -OCH3 is 1. The molecule has 1 N–H and O–H groups in total. The molecule has 22 heavy (non-hydrogen) atoms. The van der Waals surface area contributed by atoms with Crippen LogP contribution >= 0.6 is 0 Å². The van der Waals surface area contributed by atoms with Gasteiger partial charge in [-0.1, -0.05) is 0 Å². The number of rotatable bonds is 4. The van der Waals surface area contributed by atoms with Crippen molar-refractivity contribution in [2.24, 2.45) is 0 Å². The highest BCUT2D eigenvalue weighted by Crippen LogP contribution is 2.37. The van der Waals surface area contributed by atoms with Gasteiger partial charge in [-0.25, -0.2) is 13.6 Å². The fourth-order valence-corrected chi connectivity index (χ4v) is 1.97. The summed E-state index contributed by atoms with van der Waals surface area (Å²) in [6, 6.07) is 3.72. The lowest BCUT2D eigenvalue weighted by molar-refractivity contribution is 0.0693. The third kappa shape index (κ3) is 2.83. The Bertz CT molecular complexity index is 744. The lowest BCUT2D eigenvalue weighted by Crippen LogP contribution is -2.05. The van der Waals surface area contributed by atoms with Gasteiger partial charge in [0, 0.05) is 6.07 Å². The van der Waals surface area contributed by atoms with Crippen LogP contribution in [-0.2, 0) is 0 Å². The topological polar surface area (TPSA) is 55.8 Å². The van der Waals surface area contributed by atoms with Crippen LogP contribution in [0, 0.1) is 24.4 Å². The van der Waals surface area contributed by atoms with Crippen LogP contribution in [0.15, 0.2) is 24.3 Å². The number of aryl methyl sites for hydroxylation is 1. The molecule has 2 aromatic carbocycles. The van der Waals surface area contributed by atoms with Crippen molar-refractivity contribution in [2.75, 3.05) is 7.11 Å². The summed E-state index contributed by atoms with van der Waals surface area (Å²) in [6.45, 7) is 1.39. The van der Waals surface area contributed by atoms with Crippen molar-refractivity contribution < 1.29 is 32.5 Å². The van der Waals surface area contributed by atoms with Crippen molar-refractivity contribution in [2.45, 2.75) is 6.92 Å². The molecule has 0 amide bonds. The van der Waals surface area contributed by atoms with E-state index < -0.39 is 29.2 Å². The van der Waals surface area contributed by atoms with Gasteiger partial charge in [0.1, 0.15) is 17.1 Å². The van der Waals surface area contributed by atoms with E-state index in [0.717, 1.165) is 31.4 Å². The quantitative estimate of drug-likeness (QED) is 0.930. The molecule has 0 fully saturated rings. The lowest BCUT2D eigenvalue weighted by atomic mass is 10.1. The maximum absolute atomic E-state index is 13.6. The molecule has 2 rings (SSSR count). The number of ether oxygens (including phenoxy) is 2. The van der Waals surface area contributed by atoms with Gasteiger partial charge in [-0.2, -0.15) is 4.39 Å². The minimum absolute atomic E-state index is 0.129. The Kier molecular flexibility index (Phi) is 4.25. The van der Waals surface area contributed by atoms with Gasteiger partial charge in [-0.15, -0.1) is 0 Å². The number of carboxylic acid groups (broad SMARTS) is 1. The third-order valence-electron chi connectivity index (χ3n) is 2.92. The first-order valence-corrected chi connectivity index (χ1v) is 6.08. The van der Waals surface area contributed by atoms with Crippen LogP contribution < -0.4 is 9.47 Å². The van der Waals surface area contributed by atoms with Crippen molar-refractivity contribution >= 4 is 5.97 Å². The van der Waals surface area contributed by atoms with Gasteiger partial charge in [0.2, 0.25) is 11.6 Å². The van der Waals surface area contributed by atoms with Crippen molar-refractivity contribution in [3.63, 3.8) is 0 Å². The first-order chi connectivity index (χ1) is 10.3. The fourth-order valence-electron chi connectivity index (χ4n) is 1.97. The van der Waals surface area contributed by atoms with E-state index in [1.54, 1.807) is 0 Å². The minimum atomic E-state index is -1.34. The molecule has 0 atom stereocenters. The molecule has 0 saturated carbocycles. The highest BCUT2D eigenvalue weighted by Gasteiger charge is 2.21. The molecular weight excluding hydrogens is 301 g/mol. The minimum Gasteiger partial charge on any atom is -0.490 e. The maximum atomic E-state index is 13.6. The Morgan fingerprint density at radius 1 is 1.14 bits per heavy atom. The Morgan fingerprint density at radius 2 is 1.82 bits per heavy atom. The number of carboxylic acids is 1. The first-order valence-electron chi connectivity index (χ1n) is 6.08. The Morgan fingerprint density at radius 3 is 2.41 bits per heavy atom. The standard InChI is InChI=1S/C15H11F3O4/c1-7-5-8(16)6-11(12(7)15(19)20)22-10-4-3-9(17)13(18)14(10)21-2/h3-6H,1-2H3,(H,19,20). The van der Waals surface area contributed by atoms with E-state index in [1.165, 1.54) is 6.92 Å². The predicted octanol–water partition coefficient (Wildman–Crippen LogP) is 3.91. The van der Waals surface area contributed by atoms with Gasteiger partial charge < -0.3 is 14.6 Å². The SMILES string of the molecule is COc1c(Oc2cc(F)cc(C)c2C(=O)O)ccc(F)c1F. The molecule has 0 bridgehead atoms. The highest BCUT2D eigenvalue weighted by molar-refractivity contribution is 5.92. The van der Waals surface area contributed by atoms with Crippen LogP contribution in [0.4, 0.5) is 13.2 Å². The average Bonchev–Trinajstić information content (AvgIpc) is 2.42. The second-order valence-corrected chi connectivity index (χ2v) is 4.40. The molecule has 0 heterocycles. The second-order valence-electron chi connectivity index (χ2n) is 4.40. The summed E-state index contributed by atoms with van der Waals surface area (Å²) in [6.07, 6.45) is 0. The summed E-state index contributed by atoms with van der Waals surface area (Å²) < 4.78 is 50.2. The average molecular weight is 312 g/mol. The number of aromatic carboxylic acids is 1. The number of hydrogen-bond acceptors (Lipinski definition) is 3. The zero-order valence-electron chi connectivity index (χ0n) is 11.6. The third-order valence-corrected chi connectivity index (χ3v) is 2.92. The van der Waals surface area contributed by atoms with Gasteiger partial charge in [-0.3, -0.25) is 0 Å². The Hall–Kier alpha value is -2.70. The number of halogens is 3. The zero-order chi connectivity index (χ0) is 16.4. The number of carbonyl (C=O) groups is 1. The summed E-state index contributed by atoms with van der Waals surface area (Å²) in [5.41, 5.74) is -0.155. The van der Waals surface area contributed by atoms with Crippen LogP contribution in [-0.4, -0.2) is 18.2 Å². The molecule has 0 saturated heterocycles. The second kappa shape index (κ2) is 5.97. The van der Waals surface area contributed by atoms with Gasteiger partial charge in [0.05, 0.1) is 7.11 Å². The molecule has 116 valence electrons. The molecule has 2 aromatic rings. The molecule has 0 aliphatic heterocycles. The van der Waals surface area contributed by atoms with Gasteiger partial charge in [0.15, 0.2) is 11.6 Å². The van der Waals surface area contributed by atoms with E-state index >= 15 is 0 Å². The van der Waals surface area contributed by atoms with Crippen LogP contribution in [0.2, 0.25) is 0 Å².